The molecule has 0 aliphatic heterocycles. The molecule has 0 bridgehead atoms. The van der Waals surface area contributed by atoms with Crippen LogP contribution in [0.2, 0.25) is 0 Å². The van der Waals surface area contributed by atoms with E-state index in [9.17, 15) is 0 Å². The molecule has 1 fully saturated rings. The summed E-state index contributed by atoms with van der Waals surface area (Å²) >= 11 is 1.70. The van der Waals surface area contributed by atoms with Crippen molar-refractivity contribution in [2.45, 2.75) is 39.8 Å². The van der Waals surface area contributed by atoms with Gasteiger partial charge in [-0.05, 0) is 44.2 Å². The second-order valence-corrected chi connectivity index (χ2v) is 7.49. The summed E-state index contributed by atoms with van der Waals surface area (Å²) in [4.78, 5) is 14.5. The second kappa shape index (κ2) is 10.7. The average Bonchev–Trinajstić information content (AvgIpc) is 3.36. The Morgan fingerprint density at radius 1 is 1.35 bits per heavy atom. The predicted octanol–water partition coefficient (Wildman–Crippen LogP) is 3.51. The summed E-state index contributed by atoms with van der Waals surface area (Å²) in [5.74, 6) is 2.20. The molecule has 0 amide bonds. The van der Waals surface area contributed by atoms with E-state index in [1.165, 1.54) is 17.7 Å². The Morgan fingerprint density at radius 3 is 2.88 bits per heavy atom. The molecule has 0 radical (unpaired) electrons. The van der Waals surface area contributed by atoms with Crippen LogP contribution in [-0.4, -0.2) is 29.1 Å². The molecule has 2 N–H and O–H groups in total. The Bertz CT molecular complexity index is 717. The number of halogens is 1. The zero-order valence-corrected chi connectivity index (χ0v) is 18.3. The molecule has 142 valence electrons. The standard InChI is InChI=1S/C18H25N5OS.HI/c1-3-19-18(23-11-17-21-9-13(2)25-17)22-10-15-6-7-20-16(8-15)24-12-14-4-5-14;/h6-9,14H,3-5,10-12H2,1-2H3,(H2,19,22,23);1H. The second-order valence-electron chi connectivity index (χ2n) is 6.17. The van der Waals surface area contributed by atoms with Gasteiger partial charge in [0.2, 0.25) is 5.88 Å². The first kappa shape index (κ1) is 20.9. The van der Waals surface area contributed by atoms with E-state index in [4.69, 9.17) is 4.74 Å². The Morgan fingerprint density at radius 2 is 2.19 bits per heavy atom. The molecule has 6 nitrogen and oxygen atoms in total. The molecular formula is C18H26IN5OS. The molecule has 1 aliphatic carbocycles. The topological polar surface area (TPSA) is 71.4 Å². The highest BCUT2D eigenvalue weighted by Gasteiger charge is 2.22. The minimum Gasteiger partial charge on any atom is -0.477 e. The number of pyridine rings is 1. The smallest absolute Gasteiger partial charge is 0.213 e. The lowest BCUT2D eigenvalue weighted by Crippen LogP contribution is -2.36. The number of rotatable bonds is 8. The number of aromatic nitrogens is 2. The maximum Gasteiger partial charge on any atom is 0.213 e. The molecule has 26 heavy (non-hydrogen) atoms. The van der Waals surface area contributed by atoms with Crippen molar-refractivity contribution in [2.24, 2.45) is 10.9 Å². The van der Waals surface area contributed by atoms with Crippen molar-refractivity contribution in [1.82, 2.24) is 20.6 Å². The zero-order chi connectivity index (χ0) is 17.5. The van der Waals surface area contributed by atoms with Gasteiger partial charge in [-0.2, -0.15) is 0 Å². The van der Waals surface area contributed by atoms with E-state index >= 15 is 0 Å². The normalized spacial score (nSPS) is 13.8. The van der Waals surface area contributed by atoms with Crippen LogP contribution in [0.5, 0.6) is 5.88 Å². The largest absolute Gasteiger partial charge is 0.477 e. The third-order valence-corrected chi connectivity index (χ3v) is 4.72. The van der Waals surface area contributed by atoms with E-state index in [0.717, 1.165) is 35.6 Å². The molecule has 0 spiro atoms. The van der Waals surface area contributed by atoms with Gasteiger partial charge in [0.25, 0.3) is 0 Å². The van der Waals surface area contributed by atoms with Gasteiger partial charge < -0.3 is 15.4 Å². The van der Waals surface area contributed by atoms with Crippen LogP contribution in [0.3, 0.4) is 0 Å². The van der Waals surface area contributed by atoms with Gasteiger partial charge in [0.1, 0.15) is 5.01 Å². The predicted molar refractivity (Wildman–Crippen MR) is 116 cm³/mol. The first-order valence-corrected chi connectivity index (χ1v) is 9.56. The minimum absolute atomic E-state index is 0. The van der Waals surface area contributed by atoms with E-state index in [1.807, 2.05) is 18.3 Å². The van der Waals surface area contributed by atoms with Crippen LogP contribution in [0.1, 0.15) is 35.2 Å². The van der Waals surface area contributed by atoms with Crippen LogP contribution in [0.25, 0.3) is 0 Å². The summed E-state index contributed by atoms with van der Waals surface area (Å²) < 4.78 is 5.73. The first-order chi connectivity index (χ1) is 12.2. The third kappa shape index (κ3) is 7.06. The monoisotopic (exact) mass is 487 g/mol. The molecule has 0 unspecified atom stereocenters. The molecule has 0 atom stereocenters. The van der Waals surface area contributed by atoms with Crippen molar-refractivity contribution < 1.29 is 4.74 Å². The number of nitrogens with one attached hydrogen (secondary N) is 2. The fourth-order valence-electron chi connectivity index (χ4n) is 2.27. The maximum atomic E-state index is 5.73. The Hall–Kier alpha value is -1.42. The van der Waals surface area contributed by atoms with Crippen molar-refractivity contribution in [3.63, 3.8) is 0 Å². The highest BCUT2D eigenvalue weighted by atomic mass is 127. The third-order valence-electron chi connectivity index (χ3n) is 3.80. The van der Waals surface area contributed by atoms with Crippen molar-refractivity contribution >= 4 is 41.3 Å². The molecule has 2 aromatic rings. The summed E-state index contributed by atoms with van der Waals surface area (Å²) in [6, 6.07) is 3.95. The molecule has 2 heterocycles. The number of hydrogen-bond acceptors (Lipinski definition) is 5. The van der Waals surface area contributed by atoms with Crippen molar-refractivity contribution in [3.8, 4) is 5.88 Å². The van der Waals surface area contributed by atoms with Crippen LogP contribution in [0, 0.1) is 12.8 Å². The number of guanidine groups is 1. The summed E-state index contributed by atoms with van der Waals surface area (Å²) in [6.45, 7) is 6.96. The summed E-state index contributed by atoms with van der Waals surface area (Å²) in [5, 5.41) is 7.64. The van der Waals surface area contributed by atoms with Gasteiger partial charge in [0.15, 0.2) is 5.96 Å². The van der Waals surface area contributed by atoms with Gasteiger partial charge in [-0.1, -0.05) is 0 Å². The highest BCUT2D eigenvalue weighted by Crippen LogP contribution is 2.29. The molecule has 0 saturated heterocycles. The summed E-state index contributed by atoms with van der Waals surface area (Å²) in [7, 11) is 0. The van der Waals surface area contributed by atoms with Crippen LogP contribution in [-0.2, 0) is 13.1 Å². The van der Waals surface area contributed by atoms with Crippen molar-refractivity contribution in [3.05, 3.63) is 40.0 Å². The fourth-order valence-corrected chi connectivity index (χ4v) is 3.00. The van der Waals surface area contributed by atoms with Crippen LogP contribution in [0.4, 0.5) is 0 Å². The summed E-state index contributed by atoms with van der Waals surface area (Å²) in [5.41, 5.74) is 1.09. The van der Waals surface area contributed by atoms with E-state index in [1.54, 1.807) is 17.5 Å². The fraction of sp³-hybridized carbons (Fsp3) is 0.500. The maximum absolute atomic E-state index is 5.73. The van der Waals surface area contributed by atoms with E-state index in [-0.39, 0.29) is 24.0 Å². The van der Waals surface area contributed by atoms with Gasteiger partial charge >= 0.3 is 0 Å². The van der Waals surface area contributed by atoms with E-state index in [0.29, 0.717) is 19.0 Å². The van der Waals surface area contributed by atoms with Gasteiger partial charge in [-0.3, -0.25) is 0 Å². The molecule has 3 rings (SSSR count). The lowest BCUT2D eigenvalue weighted by atomic mass is 10.3. The van der Waals surface area contributed by atoms with Gasteiger partial charge in [0, 0.05) is 29.9 Å². The van der Waals surface area contributed by atoms with E-state index in [2.05, 4.69) is 39.4 Å². The number of hydrogen-bond donors (Lipinski definition) is 2. The van der Waals surface area contributed by atoms with E-state index < -0.39 is 0 Å². The lowest BCUT2D eigenvalue weighted by Gasteiger charge is -2.10. The molecule has 1 aliphatic rings. The van der Waals surface area contributed by atoms with Crippen molar-refractivity contribution in [1.29, 1.82) is 0 Å². The van der Waals surface area contributed by atoms with Crippen LogP contribution >= 0.6 is 35.3 Å². The SMILES string of the molecule is CCNC(=NCc1ccnc(OCC2CC2)c1)NCc1ncc(C)s1.I. The van der Waals surface area contributed by atoms with Gasteiger partial charge in [0.05, 0.1) is 19.7 Å². The van der Waals surface area contributed by atoms with Gasteiger partial charge in [-0.25, -0.2) is 15.0 Å². The summed E-state index contributed by atoms with van der Waals surface area (Å²) in [6.07, 6.45) is 6.23. The van der Waals surface area contributed by atoms with Gasteiger partial charge in [-0.15, -0.1) is 35.3 Å². The average molecular weight is 487 g/mol. The Kier molecular flexibility index (Phi) is 8.56. The molecular weight excluding hydrogens is 461 g/mol. The number of nitrogens with zero attached hydrogens (tertiary/aromatic N) is 3. The Labute approximate surface area is 175 Å². The molecule has 8 heteroatoms. The lowest BCUT2D eigenvalue weighted by molar-refractivity contribution is 0.288. The van der Waals surface area contributed by atoms with Crippen LogP contribution in [0.15, 0.2) is 29.5 Å². The Balaban J connectivity index is 0.00000243. The quantitative estimate of drug-likeness (QED) is 0.339. The minimum atomic E-state index is 0. The number of ether oxygens (including phenoxy) is 1. The molecule has 0 aromatic carbocycles. The molecule has 1 saturated carbocycles. The number of thiazole rings is 1. The highest BCUT2D eigenvalue weighted by molar-refractivity contribution is 14.0. The van der Waals surface area contributed by atoms with Crippen LogP contribution < -0.4 is 15.4 Å². The number of aliphatic imine (C=N–C) groups is 1. The molecule has 2 aromatic heterocycles. The van der Waals surface area contributed by atoms with Crippen molar-refractivity contribution in [2.75, 3.05) is 13.2 Å². The first-order valence-electron chi connectivity index (χ1n) is 8.74. The zero-order valence-electron chi connectivity index (χ0n) is 15.2. The number of aryl methyl sites for hydroxylation is 1.